The van der Waals surface area contributed by atoms with Gasteiger partial charge in [-0.1, -0.05) is 56.2 Å². The lowest BCUT2D eigenvalue weighted by Gasteiger charge is -2.38. The molecule has 102 valence electrons. The molecule has 1 saturated carbocycles. The first-order valence-corrected chi connectivity index (χ1v) is 8.38. The Balaban J connectivity index is 2.22. The van der Waals surface area contributed by atoms with E-state index in [9.17, 15) is 0 Å². The number of hydrogen-bond acceptors (Lipinski definition) is 2. The molecule has 0 radical (unpaired) electrons. The van der Waals surface area contributed by atoms with E-state index in [1.54, 1.807) is 0 Å². The SMILES string of the molecule is CC(C)COCCOC1(CI)CCCC(C)C1. The zero-order valence-corrected chi connectivity index (χ0v) is 13.7. The summed E-state index contributed by atoms with van der Waals surface area (Å²) in [5.74, 6) is 1.43. The molecule has 0 aliphatic heterocycles. The van der Waals surface area contributed by atoms with E-state index in [4.69, 9.17) is 9.47 Å². The van der Waals surface area contributed by atoms with E-state index in [0.29, 0.717) is 5.92 Å². The Hall–Kier alpha value is 0.650. The second kappa shape index (κ2) is 7.95. The molecule has 0 spiro atoms. The van der Waals surface area contributed by atoms with Crippen molar-refractivity contribution in [1.82, 2.24) is 0 Å². The molecular formula is C14H27IO2. The van der Waals surface area contributed by atoms with E-state index in [2.05, 4.69) is 43.4 Å². The molecule has 1 rings (SSSR count). The van der Waals surface area contributed by atoms with Crippen LogP contribution in [0.4, 0.5) is 0 Å². The topological polar surface area (TPSA) is 18.5 Å². The van der Waals surface area contributed by atoms with E-state index < -0.39 is 0 Å². The number of alkyl halides is 1. The fourth-order valence-electron chi connectivity index (χ4n) is 2.54. The van der Waals surface area contributed by atoms with Crippen LogP contribution in [0.25, 0.3) is 0 Å². The maximum absolute atomic E-state index is 6.14. The number of ether oxygens (including phenoxy) is 2. The summed E-state index contributed by atoms with van der Waals surface area (Å²) in [6, 6.07) is 0. The maximum atomic E-state index is 6.14. The van der Waals surface area contributed by atoms with Gasteiger partial charge in [0.25, 0.3) is 0 Å². The summed E-state index contributed by atoms with van der Waals surface area (Å²) < 4.78 is 12.8. The third-order valence-corrected chi connectivity index (χ3v) is 4.77. The van der Waals surface area contributed by atoms with Gasteiger partial charge in [-0.3, -0.25) is 0 Å². The highest BCUT2D eigenvalue weighted by molar-refractivity contribution is 14.1. The van der Waals surface area contributed by atoms with Gasteiger partial charge in [-0.15, -0.1) is 0 Å². The monoisotopic (exact) mass is 354 g/mol. The summed E-state index contributed by atoms with van der Waals surface area (Å²) in [5, 5.41) is 0. The molecule has 2 unspecified atom stereocenters. The van der Waals surface area contributed by atoms with E-state index in [0.717, 1.165) is 30.2 Å². The molecule has 0 aromatic carbocycles. The van der Waals surface area contributed by atoms with Gasteiger partial charge >= 0.3 is 0 Å². The summed E-state index contributed by atoms with van der Waals surface area (Å²) in [6.07, 6.45) is 5.13. The van der Waals surface area contributed by atoms with Gasteiger partial charge < -0.3 is 9.47 Å². The van der Waals surface area contributed by atoms with Gasteiger partial charge in [0.05, 0.1) is 18.8 Å². The third-order valence-electron chi connectivity index (χ3n) is 3.38. The van der Waals surface area contributed by atoms with Crippen LogP contribution in [0, 0.1) is 11.8 Å². The lowest BCUT2D eigenvalue weighted by Crippen LogP contribution is -2.40. The van der Waals surface area contributed by atoms with E-state index in [1.165, 1.54) is 25.7 Å². The number of rotatable bonds is 7. The molecular weight excluding hydrogens is 327 g/mol. The van der Waals surface area contributed by atoms with Crippen molar-refractivity contribution >= 4 is 22.6 Å². The first-order chi connectivity index (χ1) is 8.08. The van der Waals surface area contributed by atoms with Crippen molar-refractivity contribution < 1.29 is 9.47 Å². The van der Waals surface area contributed by atoms with Gasteiger partial charge in [0, 0.05) is 11.0 Å². The van der Waals surface area contributed by atoms with Crippen molar-refractivity contribution in [1.29, 1.82) is 0 Å². The zero-order valence-electron chi connectivity index (χ0n) is 11.5. The molecule has 0 bridgehead atoms. The normalized spacial score (nSPS) is 29.8. The Labute approximate surface area is 120 Å². The molecule has 0 aromatic rings. The summed E-state index contributed by atoms with van der Waals surface area (Å²) in [4.78, 5) is 0. The fraction of sp³-hybridized carbons (Fsp3) is 1.00. The Kier molecular flexibility index (Phi) is 7.34. The molecule has 0 N–H and O–H groups in total. The van der Waals surface area contributed by atoms with E-state index >= 15 is 0 Å². The van der Waals surface area contributed by atoms with Crippen LogP contribution in [-0.2, 0) is 9.47 Å². The standard InChI is InChI=1S/C14H27IO2/c1-12(2)10-16-7-8-17-14(11-15)6-4-5-13(3)9-14/h12-13H,4-11H2,1-3H3. The van der Waals surface area contributed by atoms with Gasteiger partial charge in [0.1, 0.15) is 0 Å². The van der Waals surface area contributed by atoms with Crippen LogP contribution in [0.5, 0.6) is 0 Å². The molecule has 17 heavy (non-hydrogen) atoms. The minimum absolute atomic E-state index is 0.138. The summed E-state index contributed by atoms with van der Waals surface area (Å²) >= 11 is 2.48. The largest absolute Gasteiger partial charge is 0.379 e. The zero-order chi connectivity index (χ0) is 12.7. The minimum atomic E-state index is 0.138. The quantitative estimate of drug-likeness (QED) is 0.390. The average Bonchev–Trinajstić information content (AvgIpc) is 2.28. The average molecular weight is 354 g/mol. The lowest BCUT2D eigenvalue weighted by atomic mass is 9.80. The highest BCUT2D eigenvalue weighted by atomic mass is 127. The van der Waals surface area contributed by atoms with Crippen LogP contribution >= 0.6 is 22.6 Å². The molecule has 3 heteroatoms. The Morgan fingerprint density at radius 1 is 1.35 bits per heavy atom. The second-order valence-corrected chi connectivity index (χ2v) is 6.60. The molecule has 0 aromatic heterocycles. The Morgan fingerprint density at radius 3 is 2.71 bits per heavy atom. The van der Waals surface area contributed by atoms with Gasteiger partial charge in [-0.25, -0.2) is 0 Å². The molecule has 0 amide bonds. The lowest BCUT2D eigenvalue weighted by molar-refractivity contribution is -0.0816. The van der Waals surface area contributed by atoms with Crippen LogP contribution in [-0.4, -0.2) is 29.8 Å². The highest BCUT2D eigenvalue weighted by Gasteiger charge is 2.34. The first-order valence-electron chi connectivity index (χ1n) is 6.85. The van der Waals surface area contributed by atoms with Crippen LogP contribution in [0.15, 0.2) is 0 Å². The molecule has 1 aliphatic rings. The molecule has 0 saturated heterocycles. The third kappa shape index (κ3) is 5.88. The Morgan fingerprint density at radius 2 is 2.12 bits per heavy atom. The maximum Gasteiger partial charge on any atom is 0.0775 e. The first kappa shape index (κ1) is 15.7. The van der Waals surface area contributed by atoms with Gasteiger partial charge in [-0.2, -0.15) is 0 Å². The van der Waals surface area contributed by atoms with Crippen LogP contribution in [0.1, 0.15) is 46.5 Å². The summed E-state index contributed by atoms with van der Waals surface area (Å²) in [6.45, 7) is 9.04. The minimum Gasteiger partial charge on any atom is -0.379 e. The molecule has 1 aliphatic carbocycles. The van der Waals surface area contributed by atoms with Crippen LogP contribution in [0.3, 0.4) is 0 Å². The van der Waals surface area contributed by atoms with Crippen molar-refractivity contribution in [2.45, 2.75) is 52.1 Å². The highest BCUT2D eigenvalue weighted by Crippen LogP contribution is 2.36. The molecule has 1 fully saturated rings. The fourth-order valence-corrected chi connectivity index (χ4v) is 3.45. The van der Waals surface area contributed by atoms with Gasteiger partial charge in [0.15, 0.2) is 0 Å². The van der Waals surface area contributed by atoms with Gasteiger partial charge in [0.2, 0.25) is 0 Å². The van der Waals surface area contributed by atoms with Crippen molar-refractivity contribution in [3.8, 4) is 0 Å². The predicted molar refractivity (Wildman–Crippen MR) is 80.9 cm³/mol. The van der Waals surface area contributed by atoms with E-state index in [1.807, 2.05) is 0 Å². The van der Waals surface area contributed by atoms with Crippen molar-refractivity contribution in [2.24, 2.45) is 11.8 Å². The smallest absolute Gasteiger partial charge is 0.0775 e. The van der Waals surface area contributed by atoms with Crippen molar-refractivity contribution in [3.05, 3.63) is 0 Å². The van der Waals surface area contributed by atoms with Gasteiger partial charge in [-0.05, 0) is 24.7 Å². The second-order valence-electron chi connectivity index (χ2n) is 5.84. The summed E-state index contributed by atoms with van der Waals surface area (Å²) in [5.41, 5.74) is 0.138. The van der Waals surface area contributed by atoms with Crippen molar-refractivity contribution in [3.63, 3.8) is 0 Å². The molecule has 2 atom stereocenters. The van der Waals surface area contributed by atoms with Crippen LogP contribution < -0.4 is 0 Å². The Bertz CT molecular complexity index is 208. The molecule has 0 heterocycles. The molecule has 2 nitrogen and oxygen atoms in total. The number of hydrogen-bond donors (Lipinski definition) is 0. The number of halogens is 1. The predicted octanol–water partition coefficient (Wildman–Crippen LogP) is 4.06. The van der Waals surface area contributed by atoms with Crippen LogP contribution in [0.2, 0.25) is 0 Å². The van der Waals surface area contributed by atoms with Crippen molar-refractivity contribution in [2.75, 3.05) is 24.2 Å². The van der Waals surface area contributed by atoms with E-state index in [-0.39, 0.29) is 5.60 Å². The summed E-state index contributed by atoms with van der Waals surface area (Å²) in [7, 11) is 0.